The van der Waals surface area contributed by atoms with Crippen molar-refractivity contribution in [1.29, 1.82) is 0 Å². The summed E-state index contributed by atoms with van der Waals surface area (Å²) in [7, 11) is 0. The average molecular weight is 338 g/mol. The third-order valence-corrected chi connectivity index (χ3v) is 3.40. The molecule has 0 bridgehead atoms. The zero-order valence-corrected chi connectivity index (χ0v) is 13.1. The molecule has 4 N–H and O–H groups in total. The zero-order chi connectivity index (χ0) is 14.1. The first-order valence-electron chi connectivity index (χ1n) is 5.73. The van der Waals surface area contributed by atoms with Crippen molar-refractivity contribution in [2.24, 2.45) is 5.73 Å². The summed E-state index contributed by atoms with van der Waals surface area (Å²) in [4.78, 5) is 23.2. The van der Waals surface area contributed by atoms with Gasteiger partial charge in [0.2, 0.25) is 11.8 Å². The maximum Gasteiger partial charge on any atom is 0.239 e. The van der Waals surface area contributed by atoms with Gasteiger partial charge in [0.15, 0.2) is 0 Å². The van der Waals surface area contributed by atoms with Gasteiger partial charge in [0.25, 0.3) is 0 Å². The van der Waals surface area contributed by atoms with Crippen LogP contribution in [0.2, 0.25) is 5.02 Å². The van der Waals surface area contributed by atoms with Gasteiger partial charge in [-0.3, -0.25) is 9.59 Å². The molecule has 0 aromatic heterocycles. The van der Waals surface area contributed by atoms with E-state index in [0.29, 0.717) is 11.6 Å². The molecule has 0 saturated carbocycles. The van der Waals surface area contributed by atoms with Crippen molar-refractivity contribution in [2.45, 2.75) is 4.90 Å². The Morgan fingerprint density at radius 1 is 1.15 bits per heavy atom. The number of carbonyl (C=O) groups excluding carboxylic acids is 2. The van der Waals surface area contributed by atoms with Gasteiger partial charge in [-0.25, -0.2) is 0 Å². The largest absolute Gasteiger partial charge is 0.354 e. The maximum absolute atomic E-state index is 11.3. The van der Waals surface area contributed by atoms with Gasteiger partial charge < -0.3 is 16.4 Å². The molecule has 8 heteroatoms. The number of halogens is 2. The first-order valence-corrected chi connectivity index (χ1v) is 7.10. The molecule has 1 aromatic carbocycles. The van der Waals surface area contributed by atoms with Crippen LogP contribution >= 0.6 is 35.8 Å². The highest BCUT2D eigenvalue weighted by atomic mass is 35.5. The minimum atomic E-state index is -0.342. The molecule has 0 atom stereocenters. The summed E-state index contributed by atoms with van der Waals surface area (Å²) in [6, 6.07) is 7.50. The van der Waals surface area contributed by atoms with Gasteiger partial charge in [-0.05, 0) is 24.3 Å². The Morgan fingerprint density at radius 3 is 2.40 bits per heavy atom. The fourth-order valence-electron chi connectivity index (χ4n) is 1.20. The molecule has 0 radical (unpaired) electrons. The van der Waals surface area contributed by atoms with Gasteiger partial charge in [-0.2, -0.15) is 0 Å². The van der Waals surface area contributed by atoms with Crippen LogP contribution in [0.3, 0.4) is 0 Å². The van der Waals surface area contributed by atoms with Crippen LogP contribution in [0.5, 0.6) is 0 Å². The van der Waals surface area contributed by atoms with Crippen LogP contribution in [-0.4, -0.2) is 37.2 Å². The number of nitrogens with two attached hydrogens (primary N) is 1. The lowest BCUT2D eigenvalue weighted by molar-refractivity contribution is -0.125. The molecule has 0 aliphatic carbocycles. The molecule has 5 nitrogen and oxygen atoms in total. The summed E-state index contributed by atoms with van der Waals surface area (Å²) in [5.41, 5.74) is 5.10. The minimum absolute atomic E-state index is 0. The van der Waals surface area contributed by atoms with Crippen LogP contribution in [0, 0.1) is 0 Å². The van der Waals surface area contributed by atoms with Crippen molar-refractivity contribution < 1.29 is 9.59 Å². The van der Waals surface area contributed by atoms with Crippen molar-refractivity contribution in [3.05, 3.63) is 29.3 Å². The van der Waals surface area contributed by atoms with Gasteiger partial charge in [0.05, 0.1) is 13.1 Å². The third-order valence-electron chi connectivity index (χ3n) is 2.14. The number of nitrogens with one attached hydrogen (secondary N) is 2. The lowest BCUT2D eigenvalue weighted by atomic mass is 10.4. The fourth-order valence-corrected chi connectivity index (χ4v) is 2.10. The van der Waals surface area contributed by atoms with E-state index in [9.17, 15) is 9.59 Å². The molecule has 112 valence electrons. The predicted octanol–water partition coefficient (Wildman–Crippen LogP) is 1.04. The monoisotopic (exact) mass is 337 g/mol. The van der Waals surface area contributed by atoms with Gasteiger partial charge in [0, 0.05) is 22.2 Å². The second-order valence-corrected chi connectivity index (χ2v) is 5.24. The van der Waals surface area contributed by atoms with E-state index in [0.717, 1.165) is 10.6 Å². The topological polar surface area (TPSA) is 84.2 Å². The van der Waals surface area contributed by atoms with E-state index in [4.69, 9.17) is 17.3 Å². The highest BCUT2D eigenvalue weighted by molar-refractivity contribution is 7.99. The zero-order valence-electron chi connectivity index (χ0n) is 10.7. The van der Waals surface area contributed by atoms with E-state index in [1.54, 1.807) is 11.8 Å². The van der Waals surface area contributed by atoms with Gasteiger partial charge in [-0.15, -0.1) is 24.2 Å². The summed E-state index contributed by atoms with van der Waals surface area (Å²) in [6.07, 6.45) is 0. The van der Waals surface area contributed by atoms with Crippen LogP contribution in [0.25, 0.3) is 0 Å². The number of benzene rings is 1. The number of amides is 2. The quantitative estimate of drug-likeness (QED) is 0.512. The molecule has 1 rings (SSSR count). The summed E-state index contributed by atoms with van der Waals surface area (Å²) in [6.45, 7) is 0.381. The minimum Gasteiger partial charge on any atom is -0.354 e. The number of thioether (sulfide) groups is 1. The second-order valence-electron chi connectivity index (χ2n) is 3.63. The molecule has 0 saturated heterocycles. The van der Waals surface area contributed by atoms with Crippen molar-refractivity contribution in [3.63, 3.8) is 0 Å². The smallest absolute Gasteiger partial charge is 0.239 e. The van der Waals surface area contributed by atoms with Crippen LogP contribution in [0.4, 0.5) is 0 Å². The molecular weight excluding hydrogens is 321 g/mol. The molecule has 20 heavy (non-hydrogen) atoms. The Hall–Kier alpha value is -0.950. The standard InChI is InChI=1S/C12H16ClN3O2S.ClH/c13-9-1-3-10(4-2-9)19-6-5-15-12(18)8-16-11(17)7-14;/h1-4H,5-8,14H2,(H,15,18)(H,16,17);1H. The van der Waals surface area contributed by atoms with E-state index >= 15 is 0 Å². The molecule has 0 aliphatic heterocycles. The van der Waals surface area contributed by atoms with E-state index in [2.05, 4.69) is 10.6 Å². The number of hydrogen-bond donors (Lipinski definition) is 3. The average Bonchev–Trinajstić information content (AvgIpc) is 2.42. The maximum atomic E-state index is 11.3. The molecule has 0 fully saturated rings. The van der Waals surface area contributed by atoms with Crippen LogP contribution < -0.4 is 16.4 Å². The summed E-state index contributed by atoms with van der Waals surface area (Å²) < 4.78 is 0. The van der Waals surface area contributed by atoms with Gasteiger partial charge >= 0.3 is 0 Å². The van der Waals surface area contributed by atoms with Gasteiger partial charge in [-0.1, -0.05) is 11.6 Å². The highest BCUT2D eigenvalue weighted by Crippen LogP contribution is 2.19. The molecule has 2 amide bonds. The molecule has 0 heterocycles. The highest BCUT2D eigenvalue weighted by Gasteiger charge is 2.03. The summed E-state index contributed by atoms with van der Waals surface area (Å²) in [5.74, 6) is 0.183. The Labute approximate surface area is 133 Å². The molecular formula is C12H17Cl2N3O2S. The Balaban J connectivity index is 0.00000361. The van der Waals surface area contributed by atoms with Crippen molar-refractivity contribution >= 4 is 47.6 Å². The van der Waals surface area contributed by atoms with Gasteiger partial charge in [0.1, 0.15) is 0 Å². The van der Waals surface area contributed by atoms with Crippen LogP contribution in [0.1, 0.15) is 0 Å². The van der Waals surface area contributed by atoms with E-state index in [1.165, 1.54) is 0 Å². The molecule has 1 aromatic rings. The van der Waals surface area contributed by atoms with Crippen molar-refractivity contribution in [3.8, 4) is 0 Å². The van der Waals surface area contributed by atoms with Crippen LogP contribution in [0.15, 0.2) is 29.2 Å². The Bertz CT molecular complexity index is 429. The van der Waals surface area contributed by atoms with E-state index < -0.39 is 0 Å². The number of hydrogen-bond acceptors (Lipinski definition) is 4. The number of rotatable bonds is 7. The lowest BCUT2D eigenvalue weighted by Crippen LogP contribution is -2.40. The molecule has 0 spiro atoms. The third kappa shape index (κ3) is 8.27. The number of carbonyl (C=O) groups is 2. The normalized spacial score (nSPS) is 9.50. The van der Waals surface area contributed by atoms with Crippen molar-refractivity contribution in [1.82, 2.24) is 10.6 Å². The Morgan fingerprint density at radius 2 is 1.80 bits per heavy atom. The van der Waals surface area contributed by atoms with E-state index in [1.807, 2.05) is 24.3 Å². The van der Waals surface area contributed by atoms with E-state index in [-0.39, 0.29) is 37.3 Å². The SMILES string of the molecule is Cl.NCC(=O)NCC(=O)NCCSc1ccc(Cl)cc1. The summed E-state index contributed by atoms with van der Waals surface area (Å²) in [5, 5.41) is 5.80. The first kappa shape index (κ1) is 19.1. The summed E-state index contributed by atoms with van der Waals surface area (Å²) >= 11 is 7.40. The first-order chi connectivity index (χ1) is 9.11. The fraction of sp³-hybridized carbons (Fsp3) is 0.333. The lowest BCUT2D eigenvalue weighted by Gasteiger charge is -2.06. The Kier molecular flexibility index (Phi) is 10.3. The second kappa shape index (κ2) is 10.8. The molecule has 0 aliphatic rings. The van der Waals surface area contributed by atoms with Crippen molar-refractivity contribution in [2.75, 3.05) is 25.4 Å². The predicted molar refractivity (Wildman–Crippen MR) is 84.5 cm³/mol. The molecule has 0 unspecified atom stereocenters. The van der Waals surface area contributed by atoms with Crippen LogP contribution in [-0.2, 0) is 9.59 Å².